The van der Waals surface area contributed by atoms with Gasteiger partial charge in [0.1, 0.15) is 11.4 Å². The first kappa shape index (κ1) is 21.7. The normalized spacial score (nSPS) is 32.7. The molecule has 4 fully saturated rings. The molecule has 0 saturated heterocycles. The van der Waals surface area contributed by atoms with Crippen molar-refractivity contribution < 1.29 is 18.7 Å². The highest BCUT2D eigenvalue weighted by molar-refractivity contribution is 5.79. The number of alkyl carbamates (subject to hydrolysis) is 1. The minimum Gasteiger partial charge on any atom is -0.444 e. The number of ether oxygens (including phenoxy) is 1. The third-order valence-electron chi connectivity index (χ3n) is 7.69. The summed E-state index contributed by atoms with van der Waals surface area (Å²) in [7, 11) is 0. The summed E-state index contributed by atoms with van der Waals surface area (Å²) in [6.07, 6.45) is 5.81. The van der Waals surface area contributed by atoms with Crippen molar-refractivity contribution in [2.75, 3.05) is 6.54 Å². The van der Waals surface area contributed by atoms with Gasteiger partial charge in [-0.15, -0.1) is 0 Å². The van der Waals surface area contributed by atoms with Crippen LogP contribution in [0, 0.1) is 17.7 Å². The van der Waals surface area contributed by atoms with E-state index in [1.807, 2.05) is 20.8 Å². The Bertz CT molecular complexity index is 927. The van der Waals surface area contributed by atoms with Crippen LogP contribution in [-0.2, 0) is 22.6 Å². The zero-order chi connectivity index (χ0) is 22.7. The average molecular weight is 444 g/mol. The maximum absolute atomic E-state index is 13.5. The molecule has 6 rings (SSSR count). The predicted octanol–water partition coefficient (Wildman–Crippen LogP) is 3.87. The van der Waals surface area contributed by atoms with Crippen LogP contribution in [0.1, 0.15) is 70.4 Å². The largest absolute Gasteiger partial charge is 0.444 e. The number of carbonyl (C=O) groups excluding carboxylic acids is 2. The number of fused-ring (bicyclic) bond motifs is 1. The summed E-state index contributed by atoms with van der Waals surface area (Å²) in [5, 5.41) is 6.86. The Hall–Kier alpha value is -2.15. The van der Waals surface area contributed by atoms with Crippen molar-refractivity contribution in [1.82, 2.24) is 15.5 Å². The molecule has 0 aromatic heterocycles. The van der Waals surface area contributed by atoms with E-state index in [2.05, 4.69) is 10.6 Å². The van der Waals surface area contributed by atoms with Crippen LogP contribution in [0.2, 0.25) is 0 Å². The number of nitrogens with one attached hydrogen (secondary N) is 2. The molecule has 5 aliphatic rings. The standard InChI is InChI=1S/C25H34FN3O3/c1-23(2,3)32-22(31)28-25-10-16-6-17(11-25)9-24(8-16,15-25)27-12-21(30)29-13-18-4-5-20(26)7-19(18)14-29/h4-5,7,16-17,27H,6,8-15H2,1-3H3,(H,28,31). The lowest BCUT2D eigenvalue weighted by Gasteiger charge is -2.62. The van der Waals surface area contributed by atoms with Crippen molar-refractivity contribution >= 4 is 12.0 Å². The molecule has 1 aromatic carbocycles. The van der Waals surface area contributed by atoms with Crippen molar-refractivity contribution in [2.24, 2.45) is 11.8 Å². The Labute approximate surface area is 189 Å². The minimum absolute atomic E-state index is 0.0477. The molecule has 2 amide bonds. The van der Waals surface area contributed by atoms with E-state index in [9.17, 15) is 14.0 Å². The van der Waals surface area contributed by atoms with Crippen LogP contribution in [-0.4, -0.2) is 40.1 Å². The second kappa shape index (κ2) is 7.44. The zero-order valence-corrected chi connectivity index (χ0v) is 19.3. The van der Waals surface area contributed by atoms with E-state index in [1.165, 1.54) is 18.6 Å². The first-order valence-corrected chi connectivity index (χ1v) is 11.8. The maximum Gasteiger partial charge on any atom is 0.408 e. The van der Waals surface area contributed by atoms with Gasteiger partial charge >= 0.3 is 6.09 Å². The van der Waals surface area contributed by atoms with Gasteiger partial charge in [0.25, 0.3) is 0 Å². The molecule has 0 radical (unpaired) electrons. The van der Waals surface area contributed by atoms with E-state index in [1.54, 1.807) is 11.0 Å². The molecule has 6 nitrogen and oxygen atoms in total. The Morgan fingerprint density at radius 2 is 1.75 bits per heavy atom. The summed E-state index contributed by atoms with van der Waals surface area (Å²) in [5.74, 6) is 0.916. The van der Waals surface area contributed by atoms with Crippen LogP contribution in [0.3, 0.4) is 0 Å². The summed E-state index contributed by atoms with van der Waals surface area (Å²) in [6, 6.07) is 4.76. The Morgan fingerprint density at radius 3 is 2.44 bits per heavy atom. The van der Waals surface area contributed by atoms with Crippen LogP contribution in [0.15, 0.2) is 18.2 Å². The molecule has 1 aromatic rings. The molecule has 4 saturated carbocycles. The number of benzene rings is 1. The smallest absolute Gasteiger partial charge is 0.408 e. The summed E-state index contributed by atoms with van der Waals surface area (Å²) in [4.78, 5) is 27.4. The lowest BCUT2D eigenvalue weighted by molar-refractivity contribution is -0.132. The molecule has 0 spiro atoms. The van der Waals surface area contributed by atoms with Crippen LogP contribution < -0.4 is 10.6 Å². The molecule has 174 valence electrons. The molecular formula is C25H34FN3O3. The van der Waals surface area contributed by atoms with E-state index < -0.39 is 5.60 Å². The summed E-state index contributed by atoms with van der Waals surface area (Å²) in [6.45, 7) is 6.93. The molecule has 4 aliphatic carbocycles. The first-order valence-electron chi connectivity index (χ1n) is 11.8. The fraction of sp³-hybridized carbons (Fsp3) is 0.680. The van der Waals surface area contributed by atoms with Crippen LogP contribution in [0.25, 0.3) is 0 Å². The van der Waals surface area contributed by atoms with Crippen molar-refractivity contribution in [1.29, 1.82) is 0 Å². The van der Waals surface area contributed by atoms with Gasteiger partial charge in [0.15, 0.2) is 0 Å². The second-order valence-electron chi connectivity index (χ2n) is 11.7. The molecule has 1 heterocycles. The highest BCUT2D eigenvalue weighted by Crippen LogP contribution is 2.57. The van der Waals surface area contributed by atoms with E-state index >= 15 is 0 Å². The number of rotatable bonds is 4. The quantitative estimate of drug-likeness (QED) is 0.741. The van der Waals surface area contributed by atoms with Crippen molar-refractivity contribution in [3.05, 3.63) is 35.1 Å². The van der Waals surface area contributed by atoms with Crippen LogP contribution in [0.4, 0.5) is 9.18 Å². The zero-order valence-electron chi connectivity index (χ0n) is 19.3. The number of hydrogen-bond acceptors (Lipinski definition) is 4. The van der Waals surface area contributed by atoms with E-state index in [-0.39, 0.29) is 35.4 Å². The number of halogens is 1. The van der Waals surface area contributed by atoms with Gasteiger partial charge in [-0.3, -0.25) is 4.79 Å². The molecule has 1 aliphatic heterocycles. The molecule has 2 unspecified atom stereocenters. The molecule has 2 atom stereocenters. The Kier molecular flexibility index (Phi) is 5.04. The van der Waals surface area contributed by atoms with Gasteiger partial charge in [0.05, 0.1) is 6.54 Å². The van der Waals surface area contributed by atoms with Crippen molar-refractivity contribution in [3.8, 4) is 0 Å². The summed E-state index contributed by atoms with van der Waals surface area (Å²) >= 11 is 0. The fourth-order valence-electron chi connectivity index (χ4n) is 7.05. The lowest BCUT2D eigenvalue weighted by Crippen LogP contribution is -2.69. The topological polar surface area (TPSA) is 70.7 Å². The van der Waals surface area contributed by atoms with E-state index in [0.717, 1.165) is 43.2 Å². The Balaban J connectivity index is 1.23. The monoisotopic (exact) mass is 443 g/mol. The predicted molar refractivity (Wildman–Crippen MR) is 118 cm³/mol. The first-order chi connectivity index (χ1) is 15.0. The van der Waals surface area contributed by atoms with Gasteiger partial charge < -0.3 is 20.3 Å². The van der Waals surface area contributed by atoms with Crippen molar-refractivity contribution in [2.45, 2.75) is 89.1 Å². The van der Waals surface area contributed by atoms with Gasteiger partial charge in [-0.2, -0.15) is 0 Å². The highest BCUT2D eigenvalue weighted by atomic mass is 19.1. The van der Waals surface area contributed by atoms with Gasteiger partial charge in [-0.1, -0.05) is 6.07 Å². The molecule has 32 heavy (non-hydrogen) atoms. The summed E-state index contributed by atoms with van der Waals surface area (Å²) in [5.41, 5.74) is 1.03. The number of carbonyl (C=O) groups is 2. The van der Waals surface area contributed by atoms with Gasteiger partial charge in [-0.05, 0) is 94.4 Å². The SMILES string of the molecule is CC(C)(C)OC(=O)NC12CC3CC(CC(NCC(=O)N4Cc5ccc(F)cc5C4)(C3)C1)C2. The number of amides is 2. The maximum atomic E-state index is 13.5. The highest BCUT2D eigenvalue weighted by Gasteiger charge is 2.58. The third-order valence-corrected chi connectivity index (χ3v) is 7.69. The van der Waals surface area contributed by atoms with E-state index in [4.69, 9.17) is 4.74 Å². The third kappa shape index (κ3) is 4.24. The second-order valence-corrected chi connectivity index (χ2v) is 11.7. The number of nitrogens with zero attached hydrogens (tertiary/aromatic N) is 1. The lowest BCUT2D eigenvalue weighted by atomic mass is 9.50. The summed E-state index contributed by atoms with van der Waals surface area (Å²) < 4.78 is 19.1. The Morgan fingerprint density at radius 1 is 1.09 bits per heavy atom. The molecule has 7 heteroatoms. The van der Waals surface area contributed by atoms with Crippen LogP contribution in [0.5, 0.6) is 0 Å². The van der Waals surface area contributed by atoms with Gasteiger partial charge in [-0.25, -0.2) is 9.18 Å². The minimum atomic E-state index is -0.523. The van der Waals surface area contributed by atoms with Gasteiger partial charge in [0.2, 0.25) is 5.91 Å². The fourth-order valence-corrected chi connectivity index (χ4v) is 7.05. The van der Waals surface area contributed by atoms with Crippen molar-refractivity contribution in [3.63, 3.8) is 0 Å². The van der Waals surface area contributed by atoms with Crippen LogP contribution >= 0.6 is 0 Å². The molecule has 2 N–H and O–H groups in total. The molecular weight excluding hydrogens is 409 g/mol. The number of hydrogen-bond donors (Lipinski definition) is 2. The van der Waals surface area contributed by atoms with E-state index in [0.29, 0.717) is 24.9 Å². The molecule has 4 bridgehead atoms. The van der Waals surface area contributed by atoms with Gasteiger partial charge in [0, 0.05) is 24.2 Å². The average Bonchev–Trinajstić information content (AvgIpc) is 3.06.